The van der Waals surface area contributed by atoms with Crippen molar-refractivity contribution in [2.75, 3.05) is 13.2 Å². The van der Waals surface area contributed by atoms with Crippen LogP contribution in [0.2, 0.25) is 0 Å². The minimum absolute atomic E-state index is 0.118. The first-order valence-corrected chi connectivity index (χ1v) is 24.1. The van der Waals surface area contributed by atoms with Crippen LogP contribution in [0.1, 0.15) is 213 Å². The smallest absolute Gasteiger partial charge is 0.309 e. The molecule has 0 fully saturated rings. The van der Waals surface area contributed by atoms with E-state index >= 15 is 0 Å². The SMILES string of the molecule is CC/C=C\C/C=C\C/C=C\CCCCCCC(=O)OC(COC(=O)C/C=C\C/C=C\C/C=C\CC)COC(=O)CCCCCCC/C=C\CCCCCCCCCCC. The summed E-state index contributed by atoms with van der Waals surface area (Å²) in [5.74, 6) is -1.08. The lowest BCUT2D eigenvalue weighted by Gasteiger charge is -2.18. The van der Waals surface area contributed by atoms with Crippen LogP contribution < -0.4 is 0 Å². The van der Waals surface area contributed by atoms with Crippen LogP contribution >= 0.6 is 0 Å². The van der Waals surface area contributed by atoms with Crippen molar-refractivity contribution in [3.63, 3.8) is 0 Å². The molecular formula is C53H88O6. The topological polar surface area (TPSA) is 78.9 Å². The highest BCUT2D eigenvalue weighted by molar-refractivity contribution is 5.72. The number of allylic oxidation sites excluding steroid dienone is 13. The van der Waals surface area contributed by atoms with Gasteiger partial charge in [-0.05, 0) is 89.9 Å². The van der Waals surface area contributed by atoms with Gasteiger partial charge in [0.05, 0.1) is 6.42 Å². The van der Waals surface area contributed by atoms with Crippen LogP contribution in [0.4, 0.5) is 0 Å². The van der Waals surface area contributed by atoms with Crippen molar-refractivity contribution in [1.82, 2.24) is 0 Å². The molecule has 0 bridgehead atoms. The summed E-state index contributed by atoms with van der Waals surface area (Å²) in [6.07, 6.45) is 60.4. The molecule has 0 aliphatic carbocycles. The molecule has 0 amide bonds. The first-order valence-electron chi connectivity index (χ1n) is 24.1. The van der Waals surface area contributed by atoms with Crippen molar-refractivity contribution in [3.8, 4) is 0 Å². The van der Waals surface area contributed by atoms with Gasteiger partial charge in [-0.15, -0.1) is 0 Å². The van der Waals surface area contributed by atoms with Gasteiger partial charge in [-0.1, -0.05) is 189 Å². The largest absolute Gasteiger partial charge is 0.462 e. The number of rotatable bonds is 42. The number of unbranched alkanes of at least 4 members (excludes halogenated alkanes) is 18. The Morgan fingerprint density at radius 3 is 1.20 bits per heavy atom. The summed E-state index contributed by atoms with van der Waals surface area (Å²) in [6.45, 7) is 6.27. The molecule has 336 valence electrons. The van der Waals surface area contributed by atoms with Crippen LogP contribution in [0, 0.1) is 0 Å². The van der Waals surface area contributed by atoms with Gasteiger partial charge in [0.15, 0.2) is 6.10 Å². The molecule has 0 aromatic rings. The minimum Gasteiger partial charge on any atom is -0.462 e. The highest BCUT2D eigenvalue weighted by Crippen LogP contribution is 2.13. The molecular weight excluding hydrogens is 733 g/mol. The Bertz CT molecular complexity index is 1170. The van der Waals surface area contributed by atoms with Crippen LogP contribution in [0.25, 0.3) is 0 Å². The third-order valence-electron chi connectivity index (χ3n) is 9.90. The van der Waals surface area contributed by atoms with E-state index in [4.69, 9.17) is 14.2 Å². The number of carbonyl (C=O) groups excluding carboxylic acids is 3. The highest BCUT2D eigenvalue weighted by Gasteiger charge is 2.19. The molecule has 0 aliphatic rings. The van der Waals surface area contributed by atoms with Crippen LogP contribution in [0.3, 0.4) is 0 Å². The molecule has 1 atom stereocenters. The second-order valence-corrected chi connectivity index (χ2v) is 15.6. The Morgan fingerprint density at radius 1 is 0.373 bits per heavy atom. The second-order valence-electron chi connectivity index (χ2n) is 15.6. The molecule has 0 aliphatic heterocycles. The summed E-state index contributed by atoms with van der Waals surface area (Å²) in [7, 11) is 0. The van der Waals surface area contributed by atoms with E-state index in [2.05, 4.69) is 93.7 Å². The molecule has 0 heterocycles. The molecule has 6 heteroatoms. The third kappa shape index (κ3) is 45.5. The lowest BCUT2D eigenvalue weighted by Crippen LogP contribution is -2.30. The molecule has 0 saturated heterocycles. The molecule has 0 spiro atoms. The summed E-state index contributed by atoms with van der Waals surface area (Å²) in [5.41, 5.74) is 0. The van der Waals surface area contributed by atoms with Crippen molar-refractivity contribution in [3.05, 3.63) is 85.1 Å². The van der Waals surface area contributed by atoms with Crippen molar-refractivity contribution in [2.45, 2.75) is 219 Å². The Balaban J connectivity index is 4.42. The maximum absolute atomic E-state index is 12.7. The summed E-state index contributed by atoms with van der Waals surface area (Å²) in [4.78, 5) is 37.7. The van der Waals surface area contributed by atoms with Gasteiger partial charge >= 0.3 is 17.9 Å². The molecule has 1 unspecified atom stereocenters. The predicted molar refractivity (Wildman–Crippen MR) is 251 cm³/mol. The van der Waals surface area contributed by atoms with Gasteiger partial charge in [-0.2, -0.15) is 0 Å². The van der Waals surface area contributed by atoms with Crippen LogP contribution in [-0.4, -0.2) is 37.2 Å². The number of carbonyl (C=O) groups is 3. The van der Waals surface area contributed by atoms with E-state index in [0.717, 1.165) is 103 Å². The first kappa shape index (κ1) is 55.6. The summed E-state index contributed by atoms with van der Waals surface area (Å²) >= 11 is 0. The molecule has 0 rings (SSSR count). The summed E-state index contributed by atoms with van der Waals surface area (Å²) in [5, 5.41) is 0. The summed E-state index contributed by atoms with van der Waals surface area (Å²) < 4.78 is 16.6. The van der Waals surface area contributed by atoms with E-state index in [0.29, 0.717) is 6.42 Å². The van der Waals surface area contributed by atoms with Crippen LogP contribution in [0.5, 0.6) is 0 Å². The highest BCUT2D eigenvalue weighted by atomic mass is 16.6. The standard InChI is InChI=1S/C53H88O6/c1-4-7-10-13-16-19-21-23-25-26-27-28-30-31-34-37-40-43-46-52(55)58-49-50(48-57-51(54)45-42-39-36-33-18-15-12-9-6-3)59-53(56)47-44-41-38-35-32-29-24-22-20-17-14-11-8-5-2/h8-9,11-12,17-18,20,24,27-29,33,39,42,50H,4-7,10,13-16,19,21-23,25-26,30-32,34-38,40-41,43-49H2,1-3H3/b11-8-,12-9-,20-17-,28-27-,29-24-,33-18-,42-39-. The Hall–Kier alpha value is -3.41. The fraction of sp³-hybridized carbons (Fsp3) is 0.679. The van der Waals surface area contributed by atoms with Gasteiger partial charge in [0.25, 0.3) is 0 Å². The lowest BCUT2D eigenvalue weighted by molar-refractivity contribution is -0.166. The molecule has 0 radical (unpaired) electrons. The molecule has 6 nitrogen and oxygen atoms in total. The van der Waals surface area contributed by atoms with Crippen molar-refractivity contribution in [2.24, 2.45) is 0 Å². The molecule has 0 aromatic heterocycles. The number of hydrogen-bond acceptors (Lipinski definition) is 6. The van der Waals surface area contributed by atoms with Gasteiger partial charge in [0.1, 0.15) is 13.2 Å². The maximum atomic E-state index is 12.7. The third-order valence-corrected chi connectivity index (χ3v) is 9.90. The van der Waals surface area contributed by atoms with E-state index in [1.165, 1.54) is 70.6 Å². The van der Waals surface area contributed by atoms with Gasteiger partial charge in [-0.3, -0.25) is 14.4 Å². The average Bonchev–Trinajstić information content (AvgIpc) is 3.23. The molecule has 0 saturated carbocycles. The zero-order chi connectivity index (χ0) is 43.0. The number of hydrogen-bond donors (Lipinski definition) is 0. The van der Waals surface area contributed by atoms with Crippen LogP contribution in [0.15, 0.2) is 85.1 Å². The van der Waals surface area contributed by atoms with Gasteiger partial charge < -0.3 is 14.2 Å². The quantitative estimate of drug-likeness (QED) is 0.0264. The van der Waals surface area contributed by atoms with E-state index in [1.807, 2.05) is 6.08 Å². The van der Waals surface area contributed by atoms with Crippen molar-refractivity contribution >= 4 is 17.9 Å². The fourth-order valence-corrected chi connectivity index (χ4v) is 6.33. The zero-order valence-corrected chi connectivity index (χ0v) is 38.2. The van der Waals surface area contributed by atoms with E-state index < -0.39 is 12.1 Å². The van der Waals surface area contributed by atoms with E-state index in [-0.39, 0.29) is 38.0 Å². The second kappa shape index (κ2) is 47.3. The Morgan fingerprint density at radius 2 is 0.729 bits per heavy atom. The van der Waals surface area contributed by atoms with Gasteiger partial charge in [-0.25, -0.2) is 0 Å². The fourth-order valence-electron chi connectivity index (χ4n) is 6.33. The van der Waals surface area contributed by atoms with E-state index in [9.17, 15) is 14.4 Å². The molecule has 59 heavy (non-hydrogen) atoms. The lowest BCUT2D eigenvalue weighted by atomic mass is 10.1. The molecule has 0 aromatic carbocycles. The zero-order valence-electron chi connectivity index (χ0n) is 38.2. The van der Waals surface area contributed by atoms with Crippen LogP contribution in [-0.2, 0) is 28.6 Å². The summed E-state index contributed by atoms with van der Waals surface area (Å²) in [6, 6.07) is 0. The van der Waals surface area contributed by atoms with Crippen molar-refractivity contribution < 1.29 is 28.6 Å². The Labute approximate surface area is 363 Å². The van der Waals surface area contributed by atoms with Gasteiger partial charge in [0, 0.05) is 12.8 Å². The van der Waals surface area contributed by atoms with Crippen molar-refractivity contribution in [1.29, 1.82) is 0 Å². The normalized spacial score (nSPS) is 12.8. The minimum atomic E-state index is -0.825. The number of esters is 3. The Kier molecular flexibility index (Phi) is 44.5. The molecule has 0 N–H and O–H groups in total. The maximum Gasteiger partial charge on any atom is 0.309 e. The first-order chi connectivity index (χ1) is 29.0. The van der Waals surface area contributed by atoms with Gasteiger partial charge in [0.2, 0.25) is 0 Å². The monoisotopic (exact) mass is 821 g/mol. The predicted octanol–water partition coefficient (Wildman–Crippen LogP) is 15.6. The van der Waals surface area contributed by atoms with E-state index in [1.54, 1.807) is 6.08 Å². The average molecular weight is 821 g/mol. The number of ether oxygens (including phenoxy) is 3.